The van der Waals surface area contributed by atoms with Crippen molar-refractivity contribution in [3.8, 4) is 0 Å². The van der Waals surface area contributed by atoms with Gasteiger partial charge in [-0.05, 0) is 37.3 Å². The molecule has 2 N–H and O–H groups in total. The van der Waals surface area contributed by atoms with Crippen LogP contribution in [0.1, 0.15) is 42.1 Å². The van der Waals surface area contributed by atoms with Crippen molar-refractivity contribution >= 4 is 11.9 Å². The van der Waals surface area contributed by atoms with Gasteiger partial charge in [-0.25, -0.2) is 0 Å². The molecule has 19 heavy (non-hydrogen) atoms. The Balaban J connectivity index is 2.00. The van der Waals surface area contributed by atoms with Crippen LogP contribution in [-0.2, 0) is 11.2 Å². The highest BCUT2D eigenvalue weighted by molar-refractivity contribution is 5.95. The van der Waals surface area contributed by atoms with Crippen LogP contribution in [0.5, 0.6) is 0 Å². The number of benzene rings is 1. The molecular formula is C15H19NO3. The van der Waals surface area contributed by atoms with Gasteiger partial charge in [0.25, 0.3) is 5.91 Å². The number of hydrogen-bond donors (Lipinski definition) is 2. The Hall–Kier alpha value is -1.84. The number of aryl methyl sites for hydroxylation is 1. The van der Waals surface area contributed by atoms with Gasteiger partial charge in [0, 0.05) is 11.6 Å². The first-order valence-electron chi connectivity index (χ1n) is 6.73. The van der Waals surface area contributed by atoms with Gasteiger partial charge in [-0.1, -0.05) is 25.1 Å². The minimum atomic E-state index is -0.759. The fourth-order valence-electron chi connectivity index (χ4n) is 2.65. The molecule has 1 aliphatic rings. The largest absolute Gasteiger partial charge is 0.481 e. The van der Waals surface area contributed by atoms with E-state index >= 15 is 0 Å². The zero-order valence-electron chi connectivity index (χ0n) is 11.1. The third-order valence-corrected chi connectivity index (χ3v) is 3.76. The lowest BCUT2D eigenvalue weighted by atomic mass is 10.0. The molecule has 1 saturated carbocycles. The molecule has 0 aromatic heterocycles. The zero-order valence-corrected chi connectivity index (χ0v) is 11.1. The van der Waals surface area contributed by atoms with Gasteiger partial charge in [0.2, 0.25) is 0 Å². The van der Waals surface area contributed by atoms with Crippen molar-refractivity contribution in [3.05, 3.63) is 35.4 Å². The number of hydrogen-bond acceptors (Lipinski definition) is 2. The number of carboxylic acids is 1. The Morgan fingerprint density at radius 1 is 1.32 bits per heavy atom. The van der Waals surface area contributed by atoms with Gasteiger partial charge in [0.05, 0.1) is 5.92 Å². The number of aliphatic carboxylic acids is 1. The highest BCUT2D eigenvalue weighted by Gasteiger charge is 2.30. The SMILES string of the molecule is CCc1ccccc1C(=O)NC1CCC(C(=O)O)C1. The second kappa shape index (κ2) is 5.87. The molecule has 0 heterocycles. The van der Waals surface area contributed by atoms with E-state index in [9.17, 15) is 9.59 Å². The standard InChI is InChI=1S/C15H19NO3/c1-2-10-5-3-4-6-13(10)14(17)16-12-8-7-11(9-12)15(18)19/h3-6,11-12H,2,7-9H2,1H3,(H,16,17)(H,18,19). The topological polar surface area (TPSA) is 66.4 Å². The van der Waals surface area contributed by atoms with Crippen LogP contribution in [0, 0.1) is 5.92 Å². The molecule has 102 valence electrons. The molecule has 0 saturated heterocycles. The lowest BCUT2D eigenvalue weighted by Crippen LogP contribution is -2.33. The van der Waals surface area contributed by atoms with Crippen LogP contribution in [-0.4, -0.2) is 23.0 Å². The summed E-state index contributed by atoms with van der Waals surface area (Å²) >= 11 is 0. The second-order valence-corrected chi connectivity index (χ2v) is 5.03. The molecule has 0 radical (unpaired) electrons. The minimum Gasteiger partial charge on any atom is -0.481 e. The van der Waals surface area contributed by atoms with Gasteiger partial charge >= 0.3 is 5.97 Å². The molecule has 1 aromatic carbocycles. The molecule has 0 bridgehead atoms. The highest BCUT2D eigenvalue weighted by atomic mass is 16.4. The van der Waals surface area contributed by atoms with Crippen molar-refractivity contribution in [2.24, 2.45) is 5.92 Å². The predicted molar refractivity (Wildman–Crippen MR) is 72.1 cm³/mol. The first-order valence-corrected chi connectivity index (χ1v) is 6.73. The van der Waals surface area contributed by atoms with Crippen molar-refractivity contribution < 1.29 is 14.7 Å². The van der Waals surface area contributed by atoms with Crippen LogP contribution in [0.15, 0.2) is 24.3 Å². The van der Waals surface area contributed by atoms with Crippen molar-refractivity contribution in [2.45, 2.75) is 38.6 Å². The van der Waals surface area contributed by atoms with Crippen LogP contribution >= 0.6 is 0 Å². The molecule has 1 aromatic rings. The maximum absolute atomic E-state index is 12.2. The van der Waals surface area contributed by atoms with E-state index in [1.165, 1.54) is 0 Å². The molecule has 1 amide bonds. The van der Waals surface area contributed by atoms with Crippen LogP contribution in [0.4, 0.5) is 0 Å². The van der Waals surface area contributed by atoms with E-state index in [4.69, 9.17) is 5.11 Å². The van der Waals surface area contributed by atoms with E-state index in [1.54, 1.807) is 0 Å². The first kappa shape index (κ1) is 13.6. The Bertz CT molecular complexity index is 484. The van der Waals surface area contributed by atoms with Gasteiger partial charge in [-0.15, -0.1) is 0 Å². The molecular weight excluding hydrogens is 242 g/mol. The zero-order chi connectivity index (χ0) is 13.8. The highest BCUT2D eigenvalue weighted by Crippen LogP contribution is 2.26. The fourth-order valence-corrected chi connectivity index (χ4v) is 2.65. The summed E-state index contributed by atoms with van der Waals surface area (Å²) in [6.45, 7) is 2.02. The van der Waals surface area contributed by atoms with E-state index in [1.807, 2.05) is 31.2 Å². The lowest BCUT2D eigenvalue weighted by Gasteiger charge is -2.14. The molecule has 4 nitrogen and oxygen atoms in total. The number of carbonyl (C=O) groups is 2. The molecule has 4 heteroatoms. The molecule has 1 aliphatic carbocycles. The summed E-state index contributed by atoms with van der Waals surface area (Å²) in [5.74, 6) is -1.16. The van der Waals surface area contributed by atoms with Gasteiger partial charge in [-0.3, -0.25) is 9.59 Å². The average molecular weight is 261 g/mol. The van der Waals surface area contributed by atoms with Crippen LogP contribution < -0.4 is 5.32 Å². The van der Waals surface area contributed by atoms with Crippen LogP contribution in [0.2, 0.25) is 0 Å². The van der Waals surface area contributed by atoms with Crippen molar-refractivity contribution in [1.29, 1.82) is 0 Å². The van der Waals surface area contributed by atoms with Crippen molar-refractivity contribution in [1.82, 2.24) is 5.32 Å². The number of nitrogens with one attached hydrogen (secondary N) is 1. The monoisotopic (exact) mass is 261 g/mol. The number of rotatable bonds is 4. The molecule has 2 unspecified atom stereocenters. The Morgan fingerprint density at radius 3 is 2.68 bits per heavy atom. The van der Waals surface area contributed by atoms with Crippen LogP contribution in [0.25, 0.3) is 0 Å². The average Bonchev–Trinajstić information content (AvgIpc) is 2.87. The summed E-state index contributed by atoms with van der Waals surface area (Å²) in [7, 11) is 0. The molecule has 2 rings (SSSR count). The maximum atomic E-state index is 12.2. The molecule has 0 aliphatic heterocycles. The van der Waals surface area contributed by atoms with Crippen molar-refractivity contribution in [2.75, 3.05) is 0 Å². The van der Waals surface area contributed by atoms with Gasteiger partial charge in [0.1, 0.15) is 0 Å². The summed E-state index contributed by atoms with van der Waals surface area (Å²) in [6, 6.07) is 7.52. The molecule has 1 fully saturated rings. The number of carboxylic acid groups (broad SMARTS) is 1. The van der Waals surface area contributed by atoms with Crippen molar-refractivity contribution in [3.63, 3.8) is 0 Å². The quantitative estimate of drug-likeness (QED) is 0.873. The smallest absolute Gasteiger partial charge is 0.306 e. The van der Waals surface area contributed by atoms with E-state index in [-0.39, 0.29) is 17.9 Å². The molecule has 0 spiro atoms. The predicted octanol–water partition coefficient (Wildman–Crippen LogP) is 2.23. The normalized spacial score (nSPS) is 22.2. The number of amides is 1. The van der Waals surface area contributed by atoms with Gasteiger partial charge in [0.15, 0.2) is 0 Å². The Labute approximate surface area is 112 Å². The Morgan fingerprint density at radius 2 is 2.05 bits per heavy atom. The van der Waals surface area contributed by atoms with Crippen LogP contribution in [0.3, 0.4) is 0 Å². The summed E-state index contributed by atoms with van der Waals surface area (Å²) in [4.78, 5) is 23.1. The van der Waals surface area contributed by atoms with E-state index in [0.29, 0.717) is 18.4 Å². The third kappa shape index (κ3) is 3.13. The second-order valence-electron chi connectivity index (χ2n) is 5.03. The first-order chi connectivity index (χ1) is 9.11. The Kier molecular flexibility index (Phi) is 4.20. The van der Waals surface area contributed by atoms with E-state index < -0.39 is 5.97 Å². The lowest BCUT2D eigenvalue weighted by molar-refractivity contribution is -0.141. The maximum Gasteiger partial charge on any atom is 0.306 e. The fraction of sp³-hybridized carbons (Fsp3) is 0.467. The van der Waals surface area contributed by atoms with Gasteiger partial charge < -0.3 is 10.4 Å². The minimum absolute atomic E-state index is 0.0153. The van der Waals surface area contributed by atoms with Gasteiger partial charge in [-0.2, -0.15) is 0 Å². The van der Waals surface area contributed by atoms with E-state index in [0.717, 1.165) is 18.4 Å². The number of carbonyl (C=O) groups excluding carboxylic acids is 1. The summed E-state index contributed by atoms with van der Waals surface area (Å²) in [5, 5.41) is 11.9. The summed E-state index contributed by atoms with van der Waals surface area (Å²) < 4.78 is 0. The summed E-state index contributed by atoms with van der Waals surface area (Å²) in [6.07, 6.45) is 2.74. The van der Waals surface area contributed by atoms with E-state index in [2.05, 4.69) is 5.32 Å². The third-order valence-electron chi connectivity index (χ3n) is 3.76. The molecule has 2 atom stereocenters. The summed E-state index contributed by atoms with van der Waals surface area (Å²) in [5.41, 5.74) is 1.72.